The van der Waals surface area contributed by atoms with E-state index >= 15 is 0 Å². The number of aliphatic hydroxyl groups excluding tert-OH is 1. The van der Waals surface area contributed by atoms with E-state index in [1.807, 2.05) is 48.5 Å². The molecule has 0 aliphatic carbocycles. The van der Waals surface area contributed by atoms with Crippen molar-refractivity contribution in [1.29, 1.82) is 0 Å². The van der Waals surface area contributed by atoms with E-state index in [1.165, 1.54) is 7.11 Å². The van der Waals surface area contributed by atoms with Crippen LogP contribution in [0.1, 0.15) is 29.6 Å². The van der Waals surface area contributed by atoms with Gasteiger partial charge in [0.2, 0.25) is 0 Å². The highest BCUT2D eigenvalue weighted by Crippen LogP contribution is 2.37. The molecule has 1 atom stereocenters. The first-order valence-electron chi connectivity index (χ1n) is 12.5. The molecule has 5 rings (SSSR count). The average molecular weight is 516 g/mol. The van der Waals surface area contributed by atoms with Gasteiger partial charge in [-0.05, 0) is 42.2 Å². The maximum atomic E-state index is 13.3. The van der Waals surface area contributed by atoms with Gasteiger partial charge >= 0.3 is 0 Å². The maximum absolute atomic E-state index is 13.3. The van der Waals surface area contributed by atoms with Gasteiger partial charge in [0, 0.05) is 36.4 Å². The summed E-state index contributed by atoms with van der Waals surface area (Å²) < 4.78 is 16.7. The van der Waals surface area contributed by atoms with Crippen molar-refractivity contribution in [3.63, 3.8) is 0 Å². The van der Waals surface area contributed by atoms with Gasteiger partial charge in [0.05, 0.1) is 24.8 Å². The van der Waals surface area contributed by atoms with E-state index in [4.69, 9.17) is 29.1 Å². The Labute approximate surface area is 220 Å². The van der Waals surface area contributed by atoms with Gasteiger partial charge in [0.15, 0.2) is 12.0 Å². The molecule has 2 aromatic heterocycles. The fourth-order valence-corrected chi connectivity index (χ4v) is 4.41. The van der Waals surface area contributed by atoms with Gasteiger partial charge in [-0.15, -0.1) is 0 Å². The van der Waals surface area contributed by atoms with Crippen molar-refractivity contribution in [1.82, 2.24) is 15.4 Å². The first kappa shape index (κ1) is 25.6. The minimum atomic E-state index is -0.479. The van der Waals surface area contributed by atoms with Crippen LogP contribution >= 0.6 is 0 Å². The second kappa shape index (κ2) is 12.0. The van der Waals surface area contributed by atoms with Crippen molar-refractivity contribution in [2.45, 2.75) is 25.6 Å². The number of nitrogens with one attached hydrogen (secondary N) is 1. The van der Waals surface area contributed by atoms with Crippen molar-refractivity contribution in [3.05, 3.63) is 72.6 Å². The number of amides is 1. The molecule has 2 N–H and O–H groups in total. The van der Waals surface area contributed by atoms with E-state index in [2.05, 4.69) is 10.5 Å². The van der Waals surface area contributed by atoms with Crippen LogP contribution < -0.4 is 15.0 Å². The summed E-state index contributed by atoms with van der Waals surface area (Å²) >= 11 is 0. The predicted molar refractivity (Wildman–Crippen MR) is 142 cm³/mol. The lowest BCUT2D eigenvalue weighted by Gasteiger charge is -2.22. The number of hydrogen-bond donors (Lipinski definition) is 2. The highest BCUT2D eigenvalue weighted by atomic mass is 16.8. The molecule has 1 saturated heterocycles. The minimum Gasteiger partial charge on any atom is -0.494 e. The molecule has 4 aromatic rings. The number of benzene rings is 2. The van der Waals surface area contributed by atoms with Crippen LogP contribution in [0.15, 0.2) is 67.0 Å². The first-order valence-corrected chi connectivity index (χ1v) is 12.5. The number of aliphatic hydroxyl groups is 1. The number of aromatic nitrogens is 2. The van der Waals surface area contributed by atoms with Crippen LogP contribution in [0, 0.1) is 0 Å². The predicted octanol–water partition coefficient (Wildman–Crippen LogP) is 4.53. The van der Waals surface area contributed by atoms with E-state index in [1.54, 1.807) is 18.5 Å². The number of nitrogens with zero attached hydrogens (tertiary/aromatic N) is 2. The SMILES string of the molecule is COc1c(-c2ccc(-c3ccc(OCCO)cc3)cc2)nc2ccncc2c1C(=O)NOC1CCCCO1. The summed E-state index contributed by atoms with van der Waals surface area (Å²) in [5.74, 6) is 0.566. The Bertz CT molecular complexity index is 1390. The number of carbonyl (C=O) groups excluding carboxylic acids is 1. The number of methoxy groups -OCH3 is 1. The van der Waals surface area contributed by atoms with Gasteiger partial charge in [0.25, 0.3) is 5.91 Å². The molecule has 1 unspecified atom stereocenters. The summed E-state index contributed by atoms with van der Waals surface area (Å²) in [4.78, 5) is 27.9. The number of fused-ring (bicyclic) bond motifs is 1. The van der Waals surface area contributed by atoms with Gasteiger partial charge in [-0.1, -0.05) is 36.4 Å². The van der Waals surface area contributed by atoms with Crippen molar-refractivity contribution in [3.8, 4) is 33.9 Å². The first-order chi connectivity index (χ1) is 18.7. The molecular weight excluding hydrogens is 486 g/mol. The van der Waals surface area contributed by atoms with Crippen molar-refractivity contribution in [2.24, 2.45) is 0 Å². The number of carbonyl (C=O) groups is 1. The molecule has 196 valence electrons. The molecule has 0 saturated carbocycles. The summed E-state index contributed by atoms with van der Waals surface area (Å²) in [6, 6.07) is 17.3. The fourth-order valence-electron chi connectivity index (χ4n) is 4.41. The Hall–Kier alpha value is -4.05. The molecule has 9 nitrogen and oxygen atoms in total. The molecule has 9 heteroatoms. The third-order valence-electron chi connectivity index (χ3n) is 6.30. The molecule has 38 heavy (non-hydrogen) atoms. The number of hydroxylamine groups is 1. The minimum absolute atomic E-state index is 0.0304. The van der Waals surface area contributed by atoms with Gasteiger partial charge in [-0.3, -0.25) is 9.78 Å². The molecule has 2 aromatic carbocycles. The smallest absolute Gasteiger partial charge is 0.279 e. The van der Waals surface area contributed by atoms with Crippen LogP contribution in [0.5, 0.6) is 11.5 Å². The largest absolute Gasteiger partial charge is 0.494 e. The fraction of sp³-hybridized carbons (Fsp3) is 0.276. The third-order valence-corrected chi connectivity index (χ3v) is 6.30. The standard InChI is InChI=1S/C29H29N3O6/c1-35-28-26(29(34)32-38-25-4-2-3-16-37-25)23-18-30-14-13-24(23)31-27(28)21-7-5-19(6-8-21)20-9-11-22(12-10-20)36-17-15-33/h5-14,18,25,33H,2-4,15-17H2,1H3,(H,32,34). The highest BCUT2D eigenvalue weighted by Gasteiger charge is 2.24. The Morgan fingerprint density at radius 2 is 1.79 bits per heavy atom. The zero-order chi connectivity index (χ0) is 26.3. The van der Waals surface area contributed by atoms with E-state index < -0.39 is 12.2 Å². The van der Waals surface area contributed by atoms with E-state index in [0.717, 1.165) is 29.5 Å². The van der Waals surface area contributed by atoms with Crippen LogP contribution in [0.3, 0.4) is 0 Å². The van der Waals surface area contributed by atoms with Gasteiger partial charge in [-0.25, -0.2) is 15.3 Å². The van der Waals surface area contributed by atoms with Crippen LogP contribution in [0.2, 0.25) is 0 Å². The molecule has 1 aliphatic rings. The number of pyridine rings is 2. The lowest BCUT2D eigenvalue weighted by atomic mass is 10.00. The van der Waals surface area contributed by atoms with E-state index in [-0.39, 0.29) is 13.2 Å². The van der Waals surface area contributed by atoms with Gasteiger partial charge < -0.3 is 19.3 Å². The lowest BCUT2D eigenvalue weighted by molar-refractivity contribution is -0.186. The van der Waals surface area contributed by atoms with E-state index in [0.29, 0.717) is 46.7 Å². The third kappa shape index (κ3) is 5.60. The van der Waals surface area contributed by atoms with Crippen LogP contribution in [0.25, 0.3) is 33.3 Å². The quantitative estimate of drug-likeness (QED) is 0.313. The highest BCUT2D eigenvalue weighted by molar-refractivity contribution is 6.09. The summed E-state index contributed by atoms with van der Waals surface area (Å²) in [6.07, 6.45) is 5.43. The zero-order valence-corrected chi connectivity index (χ0v) is 21.1. The molecule has 3 heterocycles. The van der Waals surface area contributed by atoms with Crippen molar-refractivity contribution < 1.29 is 28.9 Å². The topological polar surface area (TPSA) is 112 Å². The summed E-state index contributed by atoms with van der Waals surface area (Å²) in [7, 11) is 1.51. The Balaban J connectivity index is 1.45. The van der Waals surface area contributed by atoms with Gasteiger partial charge in [-0.2, -0.15) is 0 Å². The molecular formula is C29H29N3O6. The van der Waals surface area contributed by atoms with Crippen molar-refractivity contribution in [2.75, 3.05) is 26.9 Å². The second-order valence-electron chi connectivity index (χ2n) is 8.78. The van der Waals surface area contributed by atoms with Gasteiger partial charge in [0.1, 0.15) is 18.1 Å². The molecule has 0 bridgehead atoms. The normalized spacial score (nSPS) is 15.3. The Morgan fingerprint density at radius 1 is 1.05 bits per heavy atom. The summed E-state index contributed by atoms with van der Waals surface area (Å²) in [5, 5.41) is 9.48. The second-order valence-corrected chi connectivity index (χ2v) is 8.78. The Kier molecular flexibility index (Phi) is 8.08. The molecule has 0 spiro atoms. The monoisotopic (exact) mass is 515 g/mol. The maximum Gasteiger partial charge on any atom is 0.279 e. The Morgan fingerprint density at radius 3 is 2.47 bits per heavy atom. The molecule has 1 fully saturated rings. The van der Waals surface area contributed by atoms with Crippen molar-refractivity contribution >= 4 is 16.8 Å². The van der Waals surface area contributed by atoms with Crippen LogP contribution in [0.4, 0.5) is 0 Å². The lowest BCUT2D eigenvalue weighted by Crippen LogP contribution is -2.33. The van der Waals surface area contributed by atoms with Crippen LogP contribution in [-0.2, 0) is 9.57 Å². The number of ether oxygens (including phenoxy) is 3. The summed E-state index contributed by atoms with van der Waals surface area (Å²) in [5.41, 5.74) is 6.78. The van der Waals surface area contributed by atoms with Crippen LogP contribution in [-0.4, -0.2) is 54.2 Å². The number of rotatable bonds is 9. The average Bonchev–Trinajstić information content (AvgIpc) is 2.98. The number of hydrogen-bond acceptors (Lipinski definition) is 8. The zero-order valence-electron chi connectivity index (χ0n) is 21.1. The molecule has 1 amide bonds. The molecule has 0 radical (unpaired) electrons. The summed E-state index contributed by atoms with van der Waals surface area (Å²) in [6.45, 7) is 0.830. The van der Waals surface area contributed by atoms with E-state index in [9.17, 15) is 4.79 Å². The molecule has 1 aliphatic heterocycles.